The SMILES string of the molecule is COC(=O)C(NCC(F)(F)F)c1ccc(C)c(Cl)c1. The first-order valence-electron chi connectivity index (χ1n) is 5.38. The largest absolute Gasteiger partial charge is 0.468 e. The third kappa shape index (κ3) is 4.72. The first-order valence-corrected chi connectivity index (χ1v) is 5.76. The number of carbonyl (C=O) groups excluding carboxylic acids is 1. The summed E-state index contributed by atoms with van der Waals surface area (Å²) in [5, 5.41) is 2.49. The highest BCUT2D eigenvalue weighted by Crippen LogP contribution is 2.23. The smallest absolute Gasteiger partial charge is 0.401 e. The van der Waals surface area contributed by atoms with Crippen LogP contribution in [0.15, 0.2) is 18.2 Å². The summed E-state index contributed by atoms with van der Waals surface area (Å²) in [6, 6.07) is 3.40. The summed E-state index contributed by atoms with van der Waals surface area (Å²) in [6.07, 6.45) is -4.42. The molecule has 0 radical (unpaired) electrons. The average Bonchev–Trinajstić information content (AvgIpc) is 2.32. The number of rotatable bonds is 4. The zero-order valence-electron chi connectivity index (χ0n) is 10.3. The Hall–Kier alpha value is -1.27. The molecule has 1 aromatic carbocycles. The second-order valence-electron chi connectivity index (χ2n) is 3.96. The van der Waals surface area contributed by atoms with E-state index in [4.69, 9.17) is 11.6 Å². The Morgan fingerprint density at radius 2 is 2.11 bits per heavy atom. The monoisotopic (exact) mass is 295 g/mol. The van der Waals surface area contributed by atoms with Crippen LogP contribution in [0, 0.1) is 6.92 Å². The molecule has 0 aliphatic carbocycles. The fourth-order valence-corrected chi connectivity index (χ4v) is 1.65. The highest BCUT2D eigenvalue weighted by molar-refractivity contribution is 6.31. The van der Waals surface area contributed by atoms with E-state index in [1.165, 1.54) is 12.1 Å². The molecule has 0 saturated carbocycles. The molecule has 19 heavy (non-hydrogen) atoms. The Balaban J connectivity index is 2.96. The number of hydrogen-bond donors (Lipinski definition) is 1. The topological polar surface area (TPSA) is 38.3 Å². The number of carbonyl (C=O) groups is 1. The molecule has 0 aliphatic heterocycles. The molecule has 0 heterocycles. The third-order valence-electron chi connectivity index (χ3n) is 2.47. The van der Waals surface area contributed by atoms with Crippen molar-refractivity contribution in [2.45, 2.75) is 19.1 Å². The van der Waals surface area contributed by atoms with Gasteiger partial charge in [0.1, 0.15) is 6.04 Å². The van der Waals surface area contributed by atoms with Gasteiger partial charge in [-0.3, -0.25) is 5.32 Å². The normalized spacial score (nSPS) is 13.2. The highest BCUT2D eigenvalue weighted by Gasteiger charge is 2.31. The van der Waals surface area contributed by atoms with Gasteiger partial charge in [-0.2, -0.15) is 13.2 Å². The number of alkyl halides is 3. The van der Waals surface area contributed by atoms with Crippen LogP contribution < -0.4 is 5.32 Å². The van der Waals surface area contributed by atoms with E-state index in [0.717, 1.165) is 12.7 Å². The van der Waals surface area contributed by atoms with Crippen LogP contribution in [0.4, 0.5) is 13.2 Å². The number of nitrogens with one attached hydrogen (secondary N) is 1. The molecular formula is C12H13ClF3NO2. The number of ether oxygens (including phenoxy) is 1. The van der Waals surface area contributed by atoms with Crippen molar-refractivity contribution < 1.29 is 22.7 Å². The molecular weight excluding hydrogens is 283 g/mol. The lowest BCUT2D eigenvalue weighted by Crippen LogP contribution is -2.36. The molecule has 0 aliphatic rings. The standard InChI is InChI=1S/C12H13ClF3NO2/c1-7-3-4-8(5-9(7)13)10(11(18)19-2)17-6-12(14,15)16/h3-5,10,17H,6H2,1-2H3. The van der Waals surface area contributed by atoms with Crippen molar-refractivity contribution >= 4 is 17.6 Å². The van der Waals surface area contributed by atoms with Crippen molar-refractivity contribution in [2.75, 3.05) is 13.7 Å². The molecule has 0 aromatic heterocycles. The van der Waals surface area contributed by atoms with Gasteiger partial charge in [0.15, 0.2) is 0 Å². The van der Waals surface area contributed by atoms with Crippen LogP contribution in [-0.4, -0.2) is 25.8 Å². The fraction of sp³-hybridized carbons (Fsp3) is 0.417. The van der Waals surface area contributed by atoms with Crippen molar-refractivity contribution in [3.8, 4) is 0 Å². The molecule has 0 fully saturated rings. The fourth-order valence-electron chi connectivity index (χ4n) is 1.46. The molecule has 1 unspecified atom stereocenters. The molecule has 7 heteroatoms. The van der Waals surface area contributed by atoms with Crippen molar-refractivity contribution in [1.82, 2.24) is 5.32 Å². The van der Waals surface area contributed by atoms with E-state index >= 15 is 0 Å². The minimum atomic E-state index is -4.42. The van der Waals surface area contributed by atoms with Gasteiger partial charge in [0, 0.05) is 5.02 Å². The second-order valence-corrected chi connectivity index (χ2v) is 4.37. The summed E-state index contributed by atoms with van der Waals surface area (Å²) in [6.45, 7) is 0.459. The van der Waals surface area contributed by atoms with Gasteiger partial charge < -0.3 is 4.74 Å². The molecule has 0 amide bonds. The summed E-state index contributed by atoms with van der Waals surface area (Å²) in [4.78, 5) is 11.5. The number of esters is 1. The maximum absolute atomic E-state index is 12.2. The van der Waals surface area contributed by atoms with Crippen LogP contribution in [0.2, 0.25) is 5.02 Å². The Labute approximate surface area is 113 Å². The molecule has 3 nitrogen and oxygen atoms in total. The lowest BCUT2D eigenvalue weighted by Gasteiger charge is -2.18. The lowest BCUT2D eigenvalue weighted by atomic mass is 10.1. The van der Waals surface area contributed by atoms with E-state index in [2.05, 4.69) is 10.1 Å². The number of aryl methyl sites for hydroxylation is 1. The average molecular weight is 296 g/mol. The number of methoxy groups -OCH3 is 1. The number of hydrogen-bond acceptors (Lipinski definition) is 3. The zero-order chi connectivity index (χ0) is 14.6. The lowest BCUT2D eigenvalue weighted by molar-refractivity contribution is -0.146. The molecule has 1 N–H and O–H groups in total. The van der Waals surface area contributed by atoms with Gasteiger partial charge in [-0.1, -0.05) is 23.7 Å². The third-order valence-corrected chi connectivity index (χ3v) is 2.88. The van der Waals surface area contributed by atoms with Crippen LogP contribution in [0.3, 0.4) is 0 Å². The highest BCUT2D eigenvalue weighted by atomic mass is 35.5. The van der Waals surface area contributed by atoms with Crippen LogP contribution >= 0.6 is 11.6 Å². The van der Waals surface area contributed by atoms with Gasteiger partial charge in [0.05, 0.1) is 13.7 Å². The zero-order valence-corrected chi connectivity index (χ0v) is 11.1. The Morgan fingerprint density at radius 3 is 2.58 bits per heavy atom. The summed E-state index contributed by atoms with van der Waals surface area (Å²) in [5.74, 6) is -0.802. The maximum Gasteiger partial charge on any atom is 0.401 e. The predicted molar refractivity (Wildman–Crippen MR) is 65.0 cm³/mol. The van der Waals surface area contributed by atoms with Crippen molar-refractivity contribution in [3.63, 3.8) is 0 Å². The van der Waals surface area contributed by atoms with Gasteiger partial charge in [0.2, 0.25) is 0 Å². The molecule has 1 atom stereocenters. The maximum atomic E-state index is 12.2. The Kier molecular flexibility index (Phi) is 5.20. The molecule has 1 aromatic rings. The van der Waals surface area contributed by atoms with Crippen LogP contribution in [0.25, 0.3) is 0 Å². The van der Waals surface area contributed by atoms with Crippen LogP contribution in [0.1, 0.15) is 17.2 Å². The van der Waals surface area contributed by atoms with E-state index in [1.54, 1.807) is 13.0 Å². The van der Waals surface area contributed by atoms with Crippen LogP contribution in [-0.2, 0) is 9.53 Å². The molecule has 0 spiro atoms. The quantitative estimate of drug-likeness (QED) is 0.868. The van der Waals surface area contributed by atoms with Gasteiger partial charge in [-0.05, 0) is 24.1 Å². The molecule has 106 valence electrons. The minimum Gasteiger partial charge on any atom is -0.468 e. The summed E-state index contributed by atoms with van der Waals surface area (Å²) >= 11 is 5.89. The van der Waals surface area contributed by atoms with Crippen molar-refractivity contribution in [2.24, 2.45) is 0 Å². The van der Waals surface area contributed by atoms with Crippen molar-refractivity contribution in [1.29, 1.82) is 0 Å². The van der Waals surface area contributed by atoms with E-state index in [-0.39, 0.29) is 0 Å². The number of halogens is 4. The molecule has 1 rings (SSSR count). The summed E-state index contributed by atoms with van der Waals surface area (Å²) < 4.78 is 41.1. The van der Waals surface area contributed by atoms with Crippen molar-refractivity contribution in [3.05, 3.63) is 34.3 Å². The van der Waals surface area contributed by atoms with E-state index < -0.39 is 24.7 Å². The van der Waals surface area contributed by atoms with E-state index in [0.29, 0.717) is 10.6 Å². The van der Waals surface area contributed by atoms with Gasteiger partial charge >= 0.3 is 12.1 Å². The van der Waals surface area contributed by atoms with Gasteiger partial charge in [-0.25, -0.2) is 4.79 Å². The second kappa shape index (κ2) is 6.25. The molecule has 0 saturated heterocycles. The van der Waals surface area contributed by atoms with E-state index in [1.807, 2.05) is 0 Å². The molecule has 0 bridgehead atoms. The Morgan fingerprint density at radius 1 is 1.47 bits per heavy atom. The predicted octanol–water partition coefficient (Wildman–Crippen LogP) is 3.01. The van der Waals surface area contributed by atoms with Gasteiger partial charge in [0.25, 0.3) is 0 Å². The van der Waals surface area contributed by atoms with Gasteiger partial charge in [-0.15, -0.1) is 0 Å². The minimum absolute atomic E-state index is 0.326. The first kappa shape index (κ1) is 15.8. The Bertz CT molecular complexity index is 463. The van der Waals surface area contributed by atoms with Crippen LogP contribution in [0.5, 0.6) is 0 Å². The number of benzene rings is 1. The summed E-state index contributed by atoms with van der Waals surface area (Å²) in [5.41, 5.74) is 1.09. The first-order chi connectivity index (χ1) is 8.74. The summed E-state index contributed by atoms with van der Waals surface area (Å²) in [7, 11) is 1.11. The van der Waals surface area contributed by atoms with E-state index in [9.17, 15) is 18.0 Å².